The van der Waals surface area contributed by atoms with Gasteiger partial charge in [0.1, 0.15) is 0 Å². The summed E-state index contributed by atoms with van der Waals surface area (Å²) in [6.07, 6.45) is 9.65. The van der Waals surface area contributed by atoms with E-state index in [0.717, 1.165) is 6.42 Å². The van der Waals surface area contributed by atoms with Crippen LogP contribution in [0.25, 0.3) is 0 Å². The van der Waals surface area contributed by atoms with Crippen LogP contribution in [0.5, 0.6) is 0 Å². The lowest BCUT2D eigenvalue weighted by atomic mass is 9.83. The maximum Gasteiger partial charge on any atom is -0.0233 e. The van der Waals surface area contributed by atoms with Crippen LogP contribution in [0.2, 0.25) is 0 Å². The third-order valence-corrected chi connectivity index (χ3v) is 3.12. The molecule has 0 aromatic heterocycles. The van der Waals surface area contributed by atoms with Crippen molar-refractivity contribution in [2.45, 2.75) is 38.5 Å². The zero-order chi connectivity index (χ0) is 9.80. The predicted octanol–water partition coefficient (Wildman–Crippen LogP) is 3.68. The van der Waals surface area contributed by atoms with Crippen molar-refractivity contribution in [3.63, 3.8) is 0 Å². The lowest BCUT2D eigenvalue weighted by Crippen LogP contribution is -2.11. The van der Waals surface area contributed by atoms with Crippen molar-refractivity contribution in [1.29, 1.82) is 0 Å². The Bertz CT molecular complexity index is 323. The molecule has 1 aliphatic carbocycles. The van der Waals surface area contributed by atoms with Gasteiger partial charge in [-0.25, -0.2) is 0 Å². The van der Waals surface area contributed by atoms with E-state index in [9.17, 15) is 0 Å². The van der Waals surface area contributed by atoms with E-state index in [2.05, 4.69) is 24.8 Å². The second-order valence-electron chi connectivity index (χ2n) is 4.09. The summed E-state index contributed by atoms with van der Waals surface area (Å²) >= 11 is 0. The van der Waals surface area contributed by atoms with E-state index >= 15 is 0 Å². The maximum absolute atomic E-state index is 3.75. The van der Waals surface area contributed by atoms with Gasteiger partial charge in [0.05, 0.1) is 0 Å². The fourth-order valence-electron chi connectivity index (χ4n) is 2.16. The first kappa shape index (κ1) is 9.51. The highest BCUT2D eigenvalue weighted by atomic mass is 14.2. The second-order valence-corrected chi connectivity index (χ2v) is 4.09. The zero-order valence-corrected chi connectivity index (χ0v) is 8.76. The van der Waals surface area contributed by atoms with Gasteiger partial charge in [0, 0.05) is 0 Å². The van der Waals surface area contributed by atoms with Gasteiger partial charge in [0.25, 0.3) is 0 Å². The molecule has 0 radical (unpaired) electrons. The average molecular weight is 186 g/mol. The molecule has 0 unspecified atom stereocenters. The molecule has 0 atom stereocenters. The molecule has 0 fully saturated rings. The van der Waals surface area contributed by atoms with Crippen LogP contribution in [0, 0.1) is 0 Å². The molecule has 74 valence electrons. The van der Waals surface area contributed by atoms with Gasteiger partial charge >= 0.3 is 0 Å². The van der Waals surface area contributed by atoms with Gasteiger partial charge < -0.3 is 0 Å². The monoisotopic (exact) mass is 186 g/mol. The van der Waals surface area contributed by atoms with Gasteiger partial charge in [-0.05, 0) is 55.2 Å². The maximum atomic E-state index is 3.75. The fourth-order valence-corrected chi connectivity index (χ4v) is 2.16. The summed E-state index contributed by atoms with van der Waals surface area (Å²) < 4.78 is 0. The second kappa shape index (κ2) is 4.45. The number of rotatable bonds is 5. The van der Waals surface area contributed by atoms with Gasteiger partial charge in [0.2, 0.25) is 0 Å². The molecule has 0 saturated heterocycles. The molecule has 0 aliphatic heterocycles. The molecule has 0 spiro atoms. The third kappa shape index (κ3) is 1.89. The molecule has 14 heavy (non-hydrogen) atoms. The first-order chi connectivity index (χ1) is 6.92. The molecule has 1 aromatic rings. The number of aryl methyl sites for hydroxylation is 2. The molecule has 0 saturated carbocycles. The highest BCUT2D eigenvalue weighted by Gasteiger charge is 2.15. The number of hydrogen-bond acceptors (Lipinski definition) is 0. The van der Waals surface area contributed by atoms with E-state index in [4.69, 9.17) is 0 Å². The predicted molar refractivity (Wildman–Crippen MR) is 61.6 cm³/mol. The molecule has 0 heterocycles. The first-order valence-electron chi connectivity index (χ1n) is 5.62. The van der Waals surface area contributed by atoms with E-state index in [0.29, 0.717) is 0 Å². The molecule has 0 heteroatoms. The van der Waals surface area contributed by atoms with E-state index in [-0.39, 0.29) is 0 Å². The quantitative estimate of drug-likeness (QED) is 0.486. The van der Waals surface area contributed by atoms with Crippen LogP contribution in [0.3, 0.4) is 0 Å². The SMILES string of the molecule is C=CCCCCc1cccc2c1CC2. The number of hydrogen-bond donors (Lipinski definition) is 0. The van der Waals surface area contributed by atoms with E-state index in [1.165, 1.54) is 32.1 Å². The van der Waals surface area contributed by atoms with Crippen LogP contribution < -0.4 is 0 Å². The van der Waals surface area contributed by atoms with Crippen LogP contribution in [0.4, 0.5) is 0 Å². The lowest BCUT2D eigenvalue weighted by molar-refractivity contribution is 0.725. The normalized spacial score (nSPS) is 13.1. The van der Waals surface area contributed by atoms with Crippen molar-refractivity contribution < 1.29 is 0 Å². The summed E-state index contributed by atoms with van der Waals surface area (Å²) in [6.45, 7) is 3.75. The number of fused-ring (bicyclic) bond motifs is 1. The van der Waals surface area contributed by atoms with E-state index < -0.39 is 0 Å². The molecule has 0 nitrogen and oxygen atoms in total. The van der Waals surface area contributed by atoms with Gasteiger partial charge in [-0.15, -0.1) is 6.58 Å². The van der Waals surface area contributed by atoms with Gasteiger partial charge in [-0.1, -0.05) is 24.3 Å². The topological polar surface area (TPSA) is 0 Å². The lowest BCUT2D eigenvalue weighted by Gasteiger charge is -2.22. The van der Waals surface area contributed by atoms with E-state index in [1.54, 1.807) is 16.7 Å². The van der Waals surface area contributed by atoms with Crippen molar-refractivity contribution >= 4 is 0 Å². The van der Waals surface area contributed by atoms with Crippen LogP contribution in [-0.2, 0) is 19.3 Å². The Morgan fingerprint density at radius 1 is 1.21 bits per heavy atom. The Hall–Kier alpha value is -1.04. The molecule has 0 bridgehead atoms. The Labute approximate surface area is 86.7 Å². The Balaban J connectivity index is 1.90. The molecule has 0 N–H and O–H groups in total. The van der Waals surface area contributed by atoms with Crippen LogP contribution >= 0.6 is 0 Å². The van der Waals surface area contributed by atoms with E-state index in [1.807, 2.05) is 6.08 Å². The first-order valence-corrected chi connectivity index (χ1v) is 5.62. The number of allylic oxidation sites excluding steroid dienone is 1. The van der Waals surface area contributed by atoms with Crippen molar-refractivity contribution in [2.24, 2.45) is 0 Å². The Kier molecular flexibility index (Phi) is 3.03. The molecular weight excluding hydrogens is 168 g/mol. The van der Waals surface area contributed by atoms with Gasteiger partial charge in [-0.3, -0.25) is 0 Å². The smallest absolute Gasteiger partial charge is 0.0233 e. The average Bonchev–Trinajstić information content (AvgIpc) is 2.15. The number of unbranched alkanes of at least 4 members (excludes halogenated alkanes) is 2. The molecule has 1 aromatic carbocycles. The van der Waals surface area contributed by atoms with Crippen LogP contribution in [-0.4, -0.2) is 0 Å². The minimum atomic E-state index is 1.16. The molecule has 1 aliphatic rings. The highest BCUT2D eigenvalue weighted by Crippen LogP contribution is 2.27. The van der Waals surface area contributed by atoms with Crippen LogP contribution in [0.1, 0.15) is 36.0 Å². The Morgan fingerprint density at radius 2 is 2.14 bits per heavy atom. The molecular formula is C14H18. The molecule has 2 rings (SSSR count). The van der Waals surface area contributed by atoms with Crippen molar-refractivity contribution in [3.05, 3.63) is 47.5 Å². The highest BCUT2D eigenvalue weighted by molar-refractivity contribution is 5.41. The minimum absolute atomic E-state index is 1.16. The third-order valence-electron chi connectivity index (χ3n) is 3.12. The minimum Gasteiger partial charge on any atom is -0.103 e. The summed E-state index contributed by atoms with van der Waals surface area (Å²) in [7, 11) is 0. The zero-order valence-electron chi connectivity index (χ0n) is 8.76. The fraction of sp³-hybridized carbons (Fsp3) is 0.429. The van der Waals surface area contributed by atoms with Crippen molar-refractivity contribution in [3.8, 4) is 0 Å². The summed E-state index contributed by atoms with van der Waals surface area (Å²) in [6, 6.07) is 6.78. The summed E-state index contributed by atoms with van der Waals surface area (Å²) in [4.78, 5) is 0. The van der Waals surface area contributed by atoms with Gasteiger partial charge in [-0.2, -0.15) is 0 Å². The standard InChI is InChI=1S/C14H18/c1-2-3-4-5-7-12-8-6-9-13-10-11-14(12)13/h2,6,8-9H,1,3-5,7,10-11H2. The molecule has 0 amide bonds. The summed E-state index contributed by atoms with van der Waals surface area (Å²) in [5.74, 6) is 0. The number of benzene rings is 1. The Morgan fingerprint density at radius 3 is 2.86 bits per heavy atom. The van der Waals surface area contributed by atoms with Gasteiger partial charge in [0.15, 0.2) is 0 Å². The summed E-state index contributed by atoms with van der Waals surface area (Å²) in [5, 5.41) is 0. The van der Waals surface area contributed by atoms with Crippen LogP contribution in [0.15, 0.2) is 30.9 Å². The van der Waals surface area contributed by atoms with Crippen molar-refractivity contribution in [2.75, 3.05) is 0 Å². The van der Waals surface area contributed by atoms with Crippen molar-refractivity contribution in [1.82, 2.24) is 0 Å². The summed E-state index contributed by atoms with van der Waals surface area (Å²) in [5.41, 5.74) is 4.83. The largest absolute Gasteiger partial charge is 0.103 e.